The lowest BCUT2D eigenvalue weighted by molar-refractivity contribution is -0.384. The van der Waals surface area contributed by atoms with Crippen LogP contribution in [0.2, 0.25) is 0 Å². The van der Waals surface area contributed by atoms with Crippen molar-refractivity contribution in [3.8, 4) is 5.69 Å². The van der Waals surface area contributed by atoms with Gasteiger partial charge in [0.25, 0.3) is 11.6 Å². The molecular weight excluding hydrogens is 396 g/mol. The Morgan fingerprint density at radius 1 is 1.29 bits per heavy atom. The summed E-state index contributed by atoms with van der Waals surface area (Å²) < 4.78 is 2.41. The van der Waals surface area contributed by atoms with Crippen molar-refractivity contribution < 1.29 is 9.72 Å². The number of hydrogen-bond acceptors (Lipinski definition) is 5. The zero-order chi connectivity index (χ0) is 17.3. The Kier molecular flexibility index (Phi) is 4.45. The second kappa shape index (κ2) is 6.54. The third-order valence-electron chi connectivity index (χ3n) is 3.18. The van der Waals surface area contributed by atoms with Gasteiger partial charge in [0.15, 0.2) is 0 Å². The lowest BCUT2D eigenvalue weighted by Gasteiger charge is -2.08. The molecule has 0 aliphatic carbocycles. The smallest absolute Gasteiger partial charge is 0.269 e. The second-order valence-electron chi connectivity index (χ2n) is 4.91. The van der Waals surface area contributed by atoms with Crippen LogP contribution in [0.5, 0.6) is 0 Å². The third-order valence-corrected chi connectivity index (χ3v) is 4.80. The first-order chi connectivity index (χ1) is 11.4. The number of non-ortho nitro benzene ring substituents is 1. The lowest BCUT2D eigenvalue weighted by Crippen LogP contribution is -2.13. The molecule has 0 aliphatic heterocycles. The van der Waals surface area contributed by atoms with Crippen LogP contribution in [-0.4, -0.2) is 20.6 Å². The number of halogens is 1. The number of carbonyl (C=O) groups excluding carboxylic acids is 1. The molecule has 0 saturated heterocycles. The SMILES string of the molecule is Cc1cc(NC(=O)c2ccc(Br)s2)n(-c2ccc([N+](=O)[O-])cc2)n1. The maximum Gasteiger partial charge on any atom is 0.269 e. The Morgan fingerprint density at radius 3 is 2.58 bits per heavy atom. The van der Waals surface area contributed by atoms with Gasteiger partial charge in [-0.3, -0.25) is 14.9 Å². The van der Waals surface area contributed by atoms with E-state index in [1.807, 2.05) is 0 Å². The summed E-state index contributed by atoms with van der Waals surface area (Å²) in [6.45, 7) is 1.80. The molecule has 0 radical (unpaired) electrons. The van der Waals surface area contributed by atoms with Gasteiger partial charge in [-0.05, 0) is 47.1 Å². The maximum atomic E-state index is 12.3. The molecule has 0 saturated carbocycles. The number of thiophene rings is 1. The Labute approximate surface area is 149 Å². The van der Waals surface area contributed by atoms with Gasteiger partial charge in [-0.25, -0.2) is 4.68 Å². The summed E-state index contributed by atoms with van der Waals surface area (Å²) in [7, 11) is 0. The number of anilines is 1. The van der Waals surface area contributed by atoms with Crippen LogP contribution in [-0.2, 0) is 0 Å². The summed E-state index contributed by atoms with van der Waals surface area (Å²) in [5.74, 6) is 0.254. The number of aryl methyl sites for hydroxylation is 1. The first-order valence-corrected chi connectivity index (χ1v) is 8.43. The van der Waals surface area contributed by atoms with Crippen LogP contribution in [0.25, 0.3) is 5.69 Å². The van der Waals surface area contributed by atoms with Crippen LogP contribution in [0.15, 0.2) is 46.3 Å². The molecule has 2 aromatic heterocycles. The molecule has 3 aromatic rings. The maximum absolute atomic E-state index is 12.3. The van der Waals surface area contributed by atoms with Gasteiger partial charge in [0, 0.05) is 18.2 Å². The number of benzene rings is 1. The van der Waals surface area contributed by atoms with E-state index in [-0.39, 0.29) is 11.6 Å². The van der Waals surface area contributed by atoms with E-state index in [0.29, 0.717) is 16.4 Å². The van der Waals surface area contributed by atoms with Crippen molar-refractivity contribution in [2.45, 2.75) is 6.92 Å². The molecule has 0 fully saturated rings. The van der Waals surface area contributed by atoms with E-state index in [0.717, 1.165) is 9.48 Å². The number of nitro groups is 1. The van der Waals surface area contributed by atoms with E-state index in [2.05, 4.69) is 26.3 Å². The average molecular weight is 407 g/mol. The summed E-state index contributed by atoms with van der Waals surface area (Å²) in [6.07, 6.45) is 0. The van der Waals surface area contributed by atoms with Gasteiger partial charge in [0.05, 0.1) is 25.0 Å². The van der Waals surface area contributed by atoms with Crippen molar-refractivity contribution in [3.63, 3.8) is 0 Å². The van der Waals surface area contributed by atoms with Crippen molar-refractivity contribution in [1.29, 1.82) is 0 Å². The summed E-state index contributed by atoms with van der Waals surface area (Å²) in [6, 6.07) is 11.2. The molecule has 0 spiro atoms. The first kappa shape index (κ1) is 16.3. The van der Waals surface area contributed by atoms with Crippen molar-refractivity contribution in [2.75, 3.05) is 5.32 Å². The predicted molar refractivity (Wildman–Crippen MR) is 94.9 cm³/mol. The molecule has 7 nitrogen and oxygen atoms in total. The highest BCUT2D eigenvalue weighted by Crippen LogP contribution is 2.24. The number of nitrogens with zero attached hydrogens (tertiary/aromatic N) is 3. The molecule has 1 amide bonds. The third kappa shape index (κ3) is 3.36. The Hall–Kier alpha value is -2.52. The van der Waals surface area contributed by atoms with Crippen molar-refractivity contribution >= 4 is 44.7 Å². The lowest BCUT2D eigenvalue weighted by atomic mass is 10.3. The van der Waals surface area contributed by atoms with E-state index in [1.165, 1.54) is 23.5 Å². The van der Waals surface area contributed by atoms with Gasteiger partial charge in [-0.1, -0.05) is 0 Å². The van der Waals surface area contributed by atoms with Gasteiger partial charge >= 0.3 is 0 Å². The highest BCUT2D eigenvalue weighted by atomic mass is 79.9. The van der Waals surface area contributed by atoms with Gasteiger partial charge in [-0.2, -0.15) is 5.10 Å². The zero-order valence-electron chi connectivity index (χ0n) is 12.4. The fourth-order valence-electron chi connectivity index (χ4n) is 2.12. The minimum absolute atomic E-state index is 0.00310. The summed E-state index contributed by atoms with van der Waals surface area (Å²) >= 11 is 4.65. The van der Waals surface area contributed by atoms with Crippen LogP contribution >= 0.6 is 27.3 Å². The van der Waals surface area contributed by atoms with Crippen LogP contribution in [0, 0.1) is 17.0 Å². The molecule has 0 unspecified atom stereocenters. The number of rotatable bonds is 4. The topological polar surface area (TPSA) is 90.1 Å². The Morgan fingerprint density at radius 2 is 2.00 bits per heavy atom. The number of nitrogens with one attached hydrogen (secondary N) is 1. The van der Waals surface area contributed by atoms with E-state index in [4.69, 9.17) is 0 Å². The van der Waals surface area contributed by atoms with E-state index in [1.54, 1.807) is 41.9 Å². The highest BCUT2D eigenvalue weighted by molar-refractivity contribution is 9.11. The van der Waals surface area contributed by atoms with Crippen LogP contribution in [0.4, 0.5) is 11.5 Å². The first-order valence-electron chi connectivity index (χ1n) is 6.82. The Bertz CT molecular complexity index is 917. The second-order valence-corrected chi connectivity index (χ2v) is 7.38. The quantitative estimate of drug-likeness (QED) is 0.519. The molecule has 24 heavy (non-hydrogen) atoms. The molecule has 0 bridgehead atoms. The summed E-state index contributed by atoms with van der Waals surface area (Å²) in [5.41, 5.74) is 1.34. The minimum Gasteiger partial charge on any atom is -0.306 e. The molecule has 122 valence electrons. The van der Waals surface area contributed by atoms with Crippen molar-refractivity contribution in [1.82, 2.24) is 9.78 Å². The fourth-order valence-corrected chi connectivity index (χ4v) is 3.40. The molecular formula is C15H11BrN4O3S. The number of nitro benzene ring substituents is 1. The van der Waals surface area contributed by atoms with Crippen LogP contribution < -0.4 is 5.32 Å². The molecule has 2 heterocycles. The van der Waals surface area contributed by atoms with E-state index < -0.39 is 4.92 Å². The predicted octanol–water partition coefficient (Wildman–Crippen LogP) is 4.17. The van der Waals surface area contributed by atoms with Crippen molar-refractivity contribution in [2.24, 2.45) is 0 Å². The summed E-state index contributed by atoms with van der Waals surface area (Å²) in [5, 5.41) is 17.9. The monoisotopic (exact) mass is 406 g/mol. The van der Waals surface area contributed by atoms with E-state index >= 15 is 0 Å². The number of hydrogen-bond donors (Lipinski definition) is 1. The van der Waals surface area contributed by atoms with E-state index in [9.17, 15) is 14.9 Å². The summed E-state index contributed by atoms with van der Waals surface area (Å²) in [4.78, 5) is 23.2. The molecule has 9 heteroatoms. The fraction of sp³-hybridized carbons (Fsp3) is 0.0667. The largest absolute Gasteiger partial charge is 0.306 e. The number of amides is 1. The van der Waals surface area contributed by atoms with Crippen LogP contribution in [0.1, 0.15) is 15.4 Å². The molecule has 1 N–H and O–H groups in total. The molecule has 0 aliphatic rings. The zero-order valence-corrected chi connectivity index (χ0v) is 14.8. The Balaban J connectivity index is 1.90. The van der Waals surface area contributed by atoms with Gasteiger partial charge in [-0.15, -0.1) is 11.3 Å². The minimum atomic E-state index is -0.463. The average Bonchev–Trinajstić information content (AvgIpc) is 3.13. The standard InChI is InChI=1S/C15H11BrN4O3S/c1-9-8-14(17-15(21)12-6-7-13(16)24-12)19(18-9)10-2-4-11(5-3-10)20(22)23/h2-8H,1H3,(H,17,21). The normalized spacial score (nSPS) is 10.6. The van der Waals surface area contributed by atoms with Crippen LogP contribution in [0.3, 0.4) is 0 Å². The number of aromatic nitrogens is 2. The van der Waals surface area contributed by atoms with Gasteiger partial charge < -0.3 is 5.32 Å². The number of carbonyl (C=O) groups is 1. The van der Waals surface area contributed by atoms with Gasteiger partial charge in [0.2, 0.25) is 0 Å². The molecule has 3 rings (SSSR count). The molecule has 1 aromatic carbocycles. The van der Waals surface area contributed by atoms with Gasteiger partial charge in [0.1, 0.15) is 5.82 Å². The molecule has 0 atom stereocenters. The highest BCUT2D eigenvalue weighted by Gasteiger charge is 2.14. The van der Waals surface area contributed by atoms with Crippen molar-refractivity contribution in [3.05, 3.63) is 66.9 Å².